The van der Waals surface area contributed by atoms with E-state index in [0.29, 0.717) is 18.2 Å². The lowest BCUT2D eigenvalue weighted by Gasteiger charge is -2.09. The molecule has 0 bridgehead atoms. The standard InChI is InChI=1S/C11H13NO2S/c1-12-11(15)8-3-4-9-10(7-8)14-6-2-5-13-9/h3-4,7H,2,5-6H2,1H3,(H,12,15). The molecular formula is C11H13NO2S. The zero-order valence-electron chi connectivity index (χ0n) is 8.58. The lowest BCUT2D eigenvalue weighted by molar-refractivity contribution is 0.297. The minimum absolute atomic E-state index is 0.697. The van der Waals surface area contributed by atoms with E-state index in [1.54, 1.807) is 0 Å². The Bertz CT molecular complexity index is 379. The van der Waals surface area contributed by atoms with Crippen molar-refractivity contribution >= 4 is 17.2 Å². The number of rotatable bonds is 1. The second-order valence-electron chi connectivity index (χ2n) is 3.29. The lowest BCUT2D eigenvalue weighted by Crippen LogP contribution is -2.16. The van der Waals surface area contributed by atoms with Gasteiger partial charge in [-0.25, -0.2) is 0 Å². The molecule has 1 aliphatic rings. The van der Waals surface area contributed by atoms with E-state index in [-0.39, 0.29) is 0 Å². The van der Waals surface area contributed by atoms with E-state index < -0.39 is 0 Å². The molecule has 0 unspecified atom stereocenters. The van der Waals surface area contributed by atoms with Crippen LogP contribution in [-0.2, 0) is 0 Å². The summed E-state index contributed by atoms with van der Waals surface area (Å²) in [6.07, 6.45) is 0.917. The molecule has 0 saturated heterocycles. The van der Waals surface area contributed by atoms with Gasteiger partial charge >= 0.3 is 0 Å². The Labute approximate surface area is 94.4 Å². The molecule has 0 amide bonds. The van der Waals surface area contributed by atoms with Crippen LogP contribution in [0.3, 0.4) is 0 Å². The van der Waals surface area contributed by atoms with Crippen LogP contribution in [0.5, 0.6) is 11.5 Å². The molecule has 0 saturated carbocycles. The van der Waals surface area contributed by atoms with Crippen molar-refractivity contribution in [3.63, 3.8) is 0 Å². The van der Waals surface area contributed by atoms with Gasteiger partial charge in [0, 0.05) is 19.0 Å². The molecule has 1 aromatic carbocycles. The topological polar surface area (TPSA) is 30.5 Å². The number of nitrogens with one attached hydrogen (secondary N) is 1. The maximum absolute atomic E-state index is 5.57. The fraction of sp³-hybridized carbons (Fsp3) is 0.364. The summed E-state index contributed by atoms with van der Waals surface area (Å²) in [4.78, 5) is 0.714. The molecule has 0 fully saturated rings. The van der Waals surface area contributed by atoms with Gasteiger partial charge in [-0.3, -0.25) is 0 Å². The second-order valence-corrected chi connectivity index (χ2v) is 3.70. The Kier molecular flexibility index (Phi) is 3.06. The quantitative estimate of drug-likeness (QED) is 0.735. The summed E-state index contributed by atoms with van der Waals surface area (Å²) in [5.74, 6) is 1.58. The minimum atomic E-state index is 0.697. The zero-order chi connectivity index (χ0) is 10.7. The van der Waals surface area contributed by atoms with E-state index in [1.165, 1.54) is 0 Å². The molecule has 0 atom stereocenters. The zero-order valence-corrected chi connectivity index (χ0v) is 9.39. The van der Waals surface area contributed by atoms with E-state index in [1.807, 2.05) is 25.2 Å². The number of ether oxygens (including phenoxy) is 2. The molecule has 1 aromatic rings. The van der Waals surface area contributed by atoms with Crippen molar-refractivity contribution < 1.29 is 9.47 Å². The maximum Gasteiger partial charge on any atom is 0.161 e. The van der Waals surface area contributed by atoms with Crippen molar-refractivity contribution in [1.29, 1.82) is 0 Å². The number of benzene rings is 1. The van der Waals surface area contributed by atoms with Gasteiger partial charge < -0.3 is 14.8 Å². The molecule has 0 spiro atoms. The van der Waals surface area contributed by atoms with Crippen LogP contribution in [-0.4, -0.2) is 25.2 Å². The minimum Gasteiger partial charge on any atom is -0.490 e. The summed E-state index contributed by atoms with van der Waals surface area (Å²) in [6, 6.07) is 5.76. The molecule has 80 valence electrons. The largest absolute Gasteiger partial charge is 0.490 e. The first-order chi connectivity index (χ1) is 7.31. The monoisotopic (exact) mass is 223 g/mol. The van der Waals surface area contributed by atoms with Gasteiger partial charge in [0.1, 0.15) is 4.99 Å². The Hall–Kier alpha value is -1.29. The van der Waals surface area contributed by atoms with Crippen LogP contribution in [0.1, 0.15) is 12.0 Å². The highest BCUT2D eigenvalue weighted by Crippen LogP contribution is 2.30. The summed E-state index contributed by atoms with van der Waals surface area (Å²) in [5.41, 5.74) is 0.955. The summed E-state index contributed by atoms with van der Waals surface area (Å²) in [5, 5.41) is 2.94. The first-order valence-electron chi connectivity index (χ1n) is 4.93. The van der Waals surface area contributed by atoms with Crippen LogP contribution in [0.15, 0.2) is 18.2 Å². The molecule has 2 rings (SSSR count). The predicted octanol–water partition coefficient (Wildman–Crippen LogP) is 1.74. The Morgan fingerprint density at radius 3 is 2.73 bits per heavy atom. The van der Waals surface area contributed by atoms with Crippen LogP contribution < -0.4 is 14.8 Å². The number of fused-ring (bicyclic) bond motifs is 1. The summed E-state index contributed by atoms with van der Waals surface area (Å²) in [7, 11) is 1.81. The average Bonchev–Trinajstić information content (AvgIpc) is 2.51. The number of hydrogen-bond donors (Lipinski definition) is 1. The first kappa shape index (κ1) is 10.2. The molecule has 1 heterocycles. The average molecular weight is 223 g/mol. The number of hydrogen-bond acceptors (Lipinski definition) is 3. The van der Waals surface area contributed by atoms with Gasteiger partial charge in [-0.15, -0.1) is 0 Å². The third-order valence-corrected chi connectivity index (χ3v) is 2.68. The molecule has 3 nitrogen and oxygen atoms in total. The van der Waals surface area contributed by atoms with Crippen LogP contribution in [0.4, 0.5) is 0 Å². The molecule has 4 heteroatoms. The van der Waals surface area contributed by atoms with Crippen LogP contribution in [0.25, 0.3) is 0 Å². The van der Waals surface area contributed by atoms with Gasteiger partial charge in [-0.1, -0.05) is 12.2 Å². The molecule has 15 heavy (non-hydrogen) atoms. The Morgan fingerprint density at radius 2 is 2.00 bits per heavy atom. The Balaban J connectivity index is 2.31. The maximum atomic E-state index is 5.57. The molecule has 0 radical (unpaired) electrons. The highest BCUT2D eigenvalue weighted by molar-refractivity contribution is 7.80. The summed E-state index contributed by atoms with van der Waals surface area (Å²) in [6.45, 7) is 1.41. The van der Waals surface area contributed by atoms with Crippen molar-refractivity contribution in [3.05, 3.63) is 23.8 Å². The Morgan fingerprint density at radius 1 is 1.27 bits per heavy atom. The SMILES string of the molecule is CNC(=S)c1ccc2c(c1)OCCCO2. The van der Waals surface area contributed by atoms with E-state index >= 15 is 0 Å². The second kappa shape index (κ2) is 4.49. The third-order valence-electron chi connectivity index (χ3n) is 2.24. The highest BCUT2D eigenvalue weighted by Gasteiger charge is 2.11. The normalized spacial score (nSPS) is 14.2. The fourth-order valence-electron chi connectivity index (χ4n) is 1.45. The molecule has 0 aromatic heterocycles. The smallest absolute Gasteiger partial charge is 0.161 e. The van der Waals surface area contributed by atoms with Crippen LogP contribution >= 0.6 is 12.2 Å². The third kappa shape index (κ3) is 2.21. The van der Waals surface area contributed by atoms with E-state index in [0.717, 1.165) is 23.5 Å². The van der Waals surface area contributed by atoms with Crippen molar-refractivity contribution in [2.24, 2.45) is 0 Å². The first-order valence-corrected chi connectivity index (χ1v) is 5.34. The van der Waals surface area contributed by atoms with Gasteiger partial charge in [0.05, 0.1) is 13.2 Å². The number of thiocarbonyl (C=S) groups is 1. The van der Waals surface area contributed by atoms with Crippen molar-refractivity contribution in [2.75, 3.05) is 20.3 Å². The summed E-state index contributed by atoms with van der Waals surface area (Å²) < 4.78 is 11.1. The predicted molar refractivity (Wildman–Crippen MR) is 62.8 cm³/mol. The van der Waals surface area contributed by atoms with Gasteiger partial charge in [-0.05, 0) is 18.2 Å². The van der Waals surface area contributed by atoms with Crippen molar-refractivity contribution in [2.45, 2.75) is 6.42 Å². The molecule has 0 aliphatic carbocycles. The molecular weight excluding hydrogens is 210 g/mol. The molecule has 1 aliphatic heterocycles. The van der Waals surface area contributed by atoms with Gasteiger partial charge in [0.25, 0.3) is 0 Å². The van der Waals surface area contributed by atoms with Gasteiger partial charge in [-0.2, -0.15) is 0 Å². The summed E-state index contributed by atoms with van der Waals surface area (Å²) >= 11 is 5.15. The van der Waals surface area contributed by atoms with Gasteiger partial charge in [0.15, 0.2) is 11.5 Å². The van der Waals surface area contributed by atoms with Crippen molar-refractivity contribution in [3.8, 4) is 11.5 Å². The van der Waals surface area contributed by atoms with Crippen molar-refractivity contribution in [1.82, 2.24) is 5.32 Å². The fourth-order valence-corrected chi connectivity index (χ4v) is 1.58. The lowest BCUT2D eigenvalue weighted by atomic mass is 10.2. The van der Waals surface area contributed by atoms with Crippen LogP contribution in [0.2, 0.25) is 0 Å². The molecule has 1 N–H and O–H groups in total. The highest BCUT2D eigenvalue weighted by atomic mass is 32.1. The van der Waals surface area contributed by atoms with Gasteiger partial charge in [0.2, 0.25) is 0 Å². The van der Waals surface area contributed by atoms with Crippen LogP contribution in [0, 0.1) is 0 Å². The van der Waals surface area contributed by atoms with E-state index in [4.69, 9.17) is 21.7 Å². The van der Waals surface area contributed by atoms with E-state index in [2.05, 4.69) is 5.32 Å². The van der Waals surface area contributed by atoms with E-state index in [9.17, 15) is 0 Å².